The molecule has 0 aliphatic carbocycles. The van der Waals surface area contributed by atoms with E-state index < -0.39 is 0 Å². The van der Waals surface area contributed by atoms with Gasteiger partial charge in [-0.1, -0.05) is 48.5 Å². The lowest BCUT2D eigenvalue weighted by atomic mass is 9.98. The Labute approximate surface area is 208 Å². The Hall–Kier alpha value is -2.76. The minimum Gasteiger partial charge on any atom is -0.369 e. The van der Waals surface area contributed by atoms with Crippen LogP contribution < -0.4 is 10.2 Å². The fraction of sp³-hybridized carbons (Fsp3) is 0.345. The van der Waals surface area contributed by atoms with Crippen LogP contribution in [-0.4, -0.2) is 50.3 Å². The molecule has 4 nitrogen and oxygen atoms in total. The zero-order valence-corrected chi connectivity index (χ0v) is 21.5. The molecule has 0 saturated carbocycles. The Morgan fingerprint density at radius 3 is 2.41 bits per heavy atom. The van der Waals surface area contributed by atoms with Crippen LogP contribution in [0.1, 0.15) is 40.0 Å². The van der Waals surface area contributed by atoms with Gasteiger partial charge in [-0.25, -0.2) is 0 Å². The largest absolute Gasteiger partial charge is 0.369 e. The molecule has 1 fully saturated rings. The predicted octanol–water partition coefficient (Wildman–Crippen LogP) is 5.77. The molecule has 3 aromatic rings. The Morgan fingerprint density at radius 2 is 1.68 bits per heavy atom. The monoisotopic (exact) mass is 473 g/mol. The fourth-order valence-electron chi connectivity index (χ4n) is 4.47. The van der Waals surface area contributed by atoms with Gasteiger partial charge < -0.3 is 15.1 Å². The van der Waals surface area contributed by atoms with E-state index in [4.69, 9.17) is 0 Å². The zero-order chi connectivity index (χ0) is 24.1. The molecule has 1 heterocycles. The van der Waals surface area contributed by atoms with Crippen molar-refractivity contribution >= 4 is 23.4 Å². The van der Waals surface area contributed by atoms with Gasteiger partial charge in [-0.15, -0.1) is 0 Å². The average molecular weight is 474 g/mol. The van der Waals surface area contributed by atoms with Gasteiger partial charge in [0.2, 0.25) is 0 Å². The minimum atomic E-state index is -0.0893. The maximum Gasteiger partial charge on any atom is 0.252 e. The molecule has 178 valence electrons. The summed E-state index contributed by atoms with van der Waals surface area (Å²) in [6, 6.07) is 23.4. The number of aryl methyl sites for hydroxylation is 1. The Kier molecular flexibility index (Phi) is 7.96. The van der Waals surface area contributed by atoms with Crippen molar-refractivity contribution < 1.29 is 4.79 Å². The van der Waals surface area contributed by atoms with Crippen molar-refractivity contribution in [2.24, 2.45) is 0 Å². The Morgan fingerprint density at radius 1 is 0.971 bits per heavy atom. The normalized spacial score (nSPS) is 15.2. The molecule has 0 bridgehead atoms. The Bertz CT molecular complexity index is 1140. The molecule has 1 aliphatic heterocycles. The maximum atomic E-state index is 13.3. The summed E-state index contributed by atoms with van der Waals surface area (Å²) in [6.45, 7) is 8.13. The molecule has 1 N–H and O–H groups in total. The lowest BCUT2D eigenvalue weighted by Gasteiger charge is -2.34. The number of carbonyl (C=O) groups excluding carboxylic acids is 1. The van der Waals surface area contributed by atoms with Gasteiger partial charge in [0.1, 0.15) is 0 Å². The highest BCUT2D eigenvalue weighted by Crippen LogP contribution is 2.26. The van der Waals surface area contributed by atoms with E-state index in [9.17, 15) is 4.79 Å². The molecule has 0 spiro atoms. The number of piperazine rings is 1. The van der Waals surface area contributed by atoms with E-state index in [1.807, 2.05) is 18.7 Å². The van der Waals surface area contributed by atoms with Crippen LogP contribution >= 0.6 is 11.8 Å². The molecule has 1 amide bonds. The molecule has 1 atom stereocenters. The van der Waals surface area contributed by atoms with E-state index in [0.29, 0.717) is 0 Å². The summed E-state index contributed by atoms with van der Waals surface area (Å²) in [5.74, 6) is 0.986. The van der Waals surface area contributed by atoms with Gasteiger partial charge >= 0.3 is 0 Å². The number of carbonyl (C=O) groups is 1. The minimum absolute atomic E-state index is 0.0200. The van der Waals surface area contributed by atoms with E-state index in [1.165, 1.54) is 16.7 Å². The van der Waals surface area contributed by atoms with Crippen molar-refractivity contribution in [3.63, 3.8) is 0 Å². The number of likely N-dealkylation sites (N-methyl/N-ethyl adjacent to an activating group) is 1. The van der Waals surface area contributed by atoms with Gasteiger partial charge in [0, 0.05) is 43.2 Å². The number of rotatable bonds is 7. The first-order chi connectivity index (χ1) is 16.4. The first-order valence-electron chi connectivity index (χ1n) is 12.0. The van der Waals surface area contributed by atoms with Crippen LogP contribution in [0.15, 0.2) is 66.7 Å². The molecule has 1 saturated heterocycles. The summed E-state index contributed by atoms with van der Waals surface area (Å²) in [7, 11) is 2.16. The number of nitrogens with zero attached hydrogens (tertiary/aromatic N) is 2. The second-order valence-corrected chi connectivity index (χ2v) is 10.1. The lowest BCUT2D eigenvalue weighted by Crippen LogP contribution is -2.44. The third-order valence-electron chi connectivity index (χ3n) is 6.64. The van der Waals surface area contributed by atoms with Gasteiger partial charge in [-0.05, 0) is 73.2 Å². The molecule has 1 aliphatic rings. The lowest BCUT2D eigenvalue weighted by molar-refractivity contribution is 0.0939. The van der Waals surface area contributed by atoms with Crippen LogP contribution in [0.2, 0.25) is 0 Å². The number of anilines is 1. The summed E-state index contributed by atoms with van der Waals surface area (Å²) in [6.07, 6.45) is 2.13. The number of nitrogens with one attached hydrogen (secondary N) is 1. The van der Waals surface area contributed by atoms with Crippen molar-refractivity contribution in [2.75, 3.05) is 44.4 Å². The Balaban J connectivity index is 1.49. The first-order valence-corrected chi connectivity index (χ1v) is 13.4. The number of thioether (sulfide) groups is 1. The predicted molar refractivity (Wildman–Crippen MR) is 146 cm³/mol. The number of benzene rings is 3. The summed E-state index contributed by atoms with van der Waals surface area (Å²) in [4.78, 5) is 18.0. The van der Waals surface area contributed by atoms with E-state index in [2.05, 4.69) is 102 Å². The number of hydrogen-bond acceptors (Lipinski definition) is 4. The highest BCUT2D eigenvalue weighted by molar-refractivity contribution is 7.97. The van der Waals surface area contributed by atoms with E-state index in [0.717, 1.165) is 54.3 Å². The topological polar surface area (TPSA) is 35.6 Å². The van der Waals surface area contributed by atoms with Crippen molar-refractivity contribution in [3.8, 4) is 11.1 Å². The van der Waals surface area contributed by atoms with Crippen LogP contribution in [0.5, 0.6) is 0 Å². The van der Waals surface area contributed by atoms with E-state index in [-0.39, 0.29) is 11.9 Å². The molecule has 0 aromatic heterocycles. The van der Waals surface area contributed by atoms with Gasteiger partial charge in [0.25, 0.3) is 5.91 Å². The highest BCUT2D eigenvalue weighted by Gasteiger charge is 2.18. The molecule has 34 heavy (non-hydrogen) atoms. The first kappa shape index (κ1) is 24.4. The van der Waals surface area contributed by atoms with Crippen molar-refractivity contribution in [1.29, 1.82) is 0 Å². The third kappa shape index (κ3) is 5.83. The summed E-state index contributed by atoms with van der Waals surface area (Å²) < 4.78 is 0. The summed E-state index contributed by atoms with van der Waals surface area (Å²) >= 11 is 1.83. The quantitative estimate of drug-likeness (QED) is 0.473. The molecular weight excluding hydrogens is 438 g/mol. The molecule has 3 aromatic carbocycles. The SMILES string of the molecule is CSCc1cccc(-c2cccc(C(C)NC(=O)c3cc(N4CCN(C)CC4)ccc3C)c2)c1. The van der Waals surface area contributed by atoms with Crippen LogP contribution in [0.25, 0.3) is 11.1 Å². The zero-order valence-electron chi connectivity index (χ0n) is 20.7. The maximum absolute atomic E-state index is 13.3. The summed E-state index contributed by atoms with van der Waals surface area (Å²) in [5, 5.41) is 3.23. The standard InChI is InChI=1S/C29H35N3OS/c1-21-11-12-27(32-15-13-31(3)14-16-32)19-28(21)29(33)30-22(2)24-8-6-10-26(18-24)25-9-5-7-23(17-25)20-34-4/h5-12,17-19,22H,13-16,20H2,1-4H3,(H,30,33). The van der Waals surface area contributed by atoms with Crippen LogP contribution in [0, 0.1) is 6.92 Å². The van der Waals surface area contributed by atoms with Crippen molar-refractivity contribution in [2.45, 2.75) is 25.6 Å². The van der Waals surface area contributed by atoms with Crippen LogP contribution in [0.3, 0.4) is 0 Å². The average Bonchev–Trinajstić information content (AvgIpc) is 2.85. The number of hydrogen-bond donors (Lipinski definition) is 1. The molecule has 0 radical (unpaired) electrons. The van der Waals surface area contributed by atoms with E-state index >= 15 is 0 Å². The molecule has 5 heteroatoms. The fourth-order valence-corrected chi connectivity index (χ4v) is 4.98. The summed E-state index contributed by atoms with van der Waals surface area (Å²) in [5.41, 5.74) is 7.70. The molecule has 1 unspecified atom stereocenters. The van der Waals surface area contributed by atoms with Crippen LogP contribution in [-0.2, 0) is 5.75 Å². The number of amides is 1. The van der Waals surface area contributed by atoms with Gasteiger partial charge in [0.15, 0.2) is 0 Å². The van der Waals surface area contributed by atoms with Crippen LogP contribution in [0.4, 0.5) is 5.69 Å². The van der Waals surface area contributed by atoms with Gasteiger partial charge in [0.05, 0.1) is 6.04 Å². The van der Waals surface area contributed by atoms with Crippen molar-refractivity contribution in [3.05, 3.63) is 89.0 Å². The van der Waals surface area contributed by atoms with E-state index in [1.54, 1.807) is 0 Å². The van der Waals surface area contributed by atoms with Gasteiger partial charge in [-0.2, -0.15) is 11.8 Å². The molecular formula is C29H35N3OS. The van der Waals surface area contributed by atoms with Gasteiger partial charge in [-0.3, -0.25) is 4.79 Å². The second-order valence-electron chi connectivity index (χ2n) is 9.24. The smallest absolute Gasteiger partial charge is 0.252 e. The molecule has 4 rings (SSSR count). The second kappa shape index (κ2) is 11.1. The van der Waals surface area contributed by atoms with Crippen molar-refractivity contribution in [1.82, 2.24) is 10.2 Å². The third-order valence-corrected chi connectivity index (χ3v) is 7.26. The highest BCUT2D eigenvalue weighted by atomic mass is 32.2.